The maximum absolute atomic E-state index is 12.0. The number of nitrogens with zero attached hydrogens (tertiary/aromatic N) is 2. The van der Waals surface area contributed by atoms with Gasteiger partial charge in [0.25, 0.3) is 5.91 Å². The van der Waals surface area contributed by atoms with Crippen LogP contribution in [0.5, 0.6) is 0 Å². The second-order valence-electron chi connectivity index (χ2n) is 4.87. The lowest BCUT2D eigenvalue weighted by Gasteiger charge is -2.06. The van der Waals surface area contributed by atoms with Crippen molar-refractivity contribution in [2.75, 3.05) is 6.54 Å². The largest absolute Gasteiger partial charge is 0.480 e. The van der Waals surface area contributed by atoms with E-state index in [0.717, 1.165) is 16.7 Å². The van der Waals surface area contributed by atoms with Crippen molar-refractivity contribution in [1.82, 2.24) is 14.9 Å². The van der Waals surface area contributed by atoms with E-state index in [1.54, 1.807) is 36.7 Å². The Morgan fingerprint density at radius 3 is 2.61 bits per heavy atom. The fourth-order valence-corrected chi connectivity index (χ4v) is 2.34. The van der Waals surface area contributed by atoms with Crippen molar-refractivity contribution in [3.8, 4) is 5.69 Å². The molecule has 0 saturated carbocycles. The van der Waals surface area contributed by atoms with Crippen molar-refractivity contribution in [3.63, 3.8) is 0 Å². The number of nitrogens with one attached hydrogen (secondary N) is 1. The zero-order chi connectivity index (χ0) is 16.4. The molecule has 0 fully saturated rings. The highest BCUT2D eigenvalue weighted by Crippen LogP contribution is 2.21. The Kier molecular flexibility index (Phi) is 3.99. The van der Waals surface area contributed by atoms with Gasteiger partial charge in [-0.1, -0.05) is 11.6 Å². The molecule has 1 heterocycles. The maximum atomic E-state index is 12.0. The molecule has 1 aromatic heterocycles. The molecule has 6 nitrogen and oxygen atoms in total. The van der Waals surface area contributed by atoms with E-state index in [1.165, 1.54) is 0 Å². The third-order valence-corrected chi connectivity index (χ3v) is 3.57. The van der Waals surface area contributed by atoms with Crippen molar-refractivity contribution in [2.24, 2.45) is 0 Å². The molecule has 0 radical (unpaired) electrons. The molecular weight excluding hydrogens is 318 g/mol. The van der Waals surface area contributed by atoms with E-state index >= 15 is 0 Å². The third kappa shape index (κ3) is 3.17. The van der Waals surface area contributed by atoms with Gasteiger partial charge in [-0.25, -0.2) is 4.98 Å². The molecule has 2 N–H and O–H groups in total. The number of carboxylic acids is 1. The summed E-state index contributed by atoms with van der Waals surface area (Å²) in [6.45, 7) is -0.423. The number of imidazole rings is 1. The highest BCUT2D eigenvalue weighted by Gasteiger charge is 2.11. The average molecular weight is 330 g/mol. The molecular formula is C16H12ClN3O3. The number of fused-ring (bicyclic) bond motifs is 1. The van der Waals surface area contributed by atoms with Crippen LogP contribution in [-0.2, 0) is 4.79 Å². The minimum Gasteiger partial charge on any atom is -0.480 e. The minimum atomic E-state index is -1.09. The summed E-state index contributed by atoms with van der Waals surface area (Å²) < 4.78 is 1.83. The SMILES string of the molecule is O=C(O)CNC(=O)c1ccc2ncn(-c3ccc(Cl)cc3)c2c1. The normalized spacial score (nSPS) is 10.7. The lowest BCUT2D eigenvalue weighted by molar-refractivity contribution is -0.135. The van der Waals surface area contributed by atoms with Crippen LogP contribution in [-0.4, -0.2) is 33.1 Å². The summed E-state index contributed by atoms with van der Waals surface area (Å²) in [6, 6.07) is 12.2. The van der Waals surface area contributed by atoms with Crippen molar-refractivity contribution in [3.05, 3.63) is 59.4 Å². The molecule has 116 valence electrons. The molecule has 3 aromatic rings. The molecule has 2 aromatic carbocycles. The van der Waals surface area contributed by atoms with Crippen LogP contribution < -0.4 is 5.32 Å². The van der Waals surface area contributed by atoms with Gasteiger partial charge in [-0.15, -0.1) is 0 Å². The number of aromatic nitrogens is 2. The summed E-state index contributed by atoms with van der Waals surface area (Å²) in [5.74, 6) is -1.54. The molecule has 1 amide bonds. The molecule has 3 rings (SSSR count). The van der Waals surface area contributed by atoms with Gasteiger partial charge in [-0.05, 0) is 42.5 Å². The monoisotopic (exact) mass is 329 g/mol. The number of hydrogen-bond donors (Lipinski definition) is 2. The fraction of sp³-hybridized carbons (Fsp3) is 0.0625. The van der Waals surface area contributed by atoms with Crippen molar-refractivity contribution in [2.45, 2.75) is 0 Å². The number of carbonyl (C=O) groups excluding carboxylic acids is 1. The van der Waals surface area contributed by atoms with E-state index in [1.807, 2.05) is 16.7 Å². The zero-order valence-electron chi connectivity index (χ0n) is 11.9. The second kappa shape index (κ2) is 6.10. The average Bonchev–Trinajstić information content (AvgIpc) is 2.96. The molecule has 7 heteroatoms. The predicted octanol–water partition coefficient (Wildman–Crippen LogP) is 2.49. The van der Waals surface area contributed by atoms with Crippen LogP contribution in [0.3, 0.4) is 0 Å². The topological polar surface area (TPSA) is 84.2 Å². The summed E-state index contributed by atoms with van der Waals surface area (Å²) in [5, 5.41) is 11.6. The Bertz CT molecular complexity index is 887. The molecule has 0 atom stereocenters. The van der Waals surface area contributed by atoms with Crippen molar-refractivity contribution in [1.29, 1.82) is 0 Å². The van der Waals surface area contributed by atoms with Crippen LogP contribution in [0.25, 0.3) is 16.7 Å². The van der Waals surface area contributed by atoms with Gasteiger partial charge in [0.2, 0.25) is 0 Å². The van der Waals surface area contributed by atoms with E-state index in [9.17, 15) is 9.59 Å². The van der Waals surface area contributed by atoms with Gasteiger partial charge >= 0.3 is 5.97 Å². The van der Waals surface area contributed by atoms with Gasteiger partial charge in [0.15, 0.2) is 0 Å². The third-order valence-electron chi connectivity index (χ3n) is 3.31. The smallest absolute Gasteiger partial charge is 0.322 e. The number of halogens is 1. The van der Waals surface area contributed by atoms with Crippen LogP contribution in [0.15, 0.2) is 48.8 Å². The molecule has 0 aliphatic carbocycles. The van der Waals surface area contributed by atoms with E-state index in [0.29, 0.717) is 10.6 Å². The minimum absolute atomic E-state index is 0.370. The number of carbonyl (C=O) groups is 2. The first-order chi connectivity index (χ1) is 11.0. The Hall–Kier alpha value is -2.86. The number of hydrogen-bond acceptors (Lipinski definition) is 3. The molecule has 0 unspecified atom stereocenters. The number of rotatable bonds is 4. The highest BCUT2D eigenvalue weighted by molar-refractivity contribution is 6.30. The Morgan fingerprint density at radius 1 is 1.17 bits per heavy atom. The second-order valence-corrected chi connectivity index (χ2v) is 5.31. The summed E-state index contributed by atoms with van der Waals surface area (Å²) in [4.78, 5) is 26.8. The van der Waals surface area contributed by atoms with Gasteiger partial charge in [0, 0.05) is 16.3 Å². The van der Waals surface area contributed by atoms with Crippen LogP contribution in [0.4, 0.5) is 0 Å². The summed E-state index contributed by atoms with van der Waals surface area (Å²) >= 11 is 5.89. The van der Waals surface area contributed by atoms with Crippen LogP contribution in [0.1, 0.15) is 10.4 Å². The van der Waals surface area contributed by atoms with Gasteiger partial charge in [0.1, 0.15) is 12.9 Å². The molecule has 0 spiro atoms. The van der Waals surface area contributed by atoms with Gasteiger partial charge in [0.05, 0.1) is 11.0 Å². The van der Waals surface area contributed by atoms with Gasteiger partial charge < -0.3 is 10.4 Å². The molecule has 0 aliphatic rings. The standard InChI is InChI=1S/C16H12ClN3O3/c17-11-2-4-12(5-3-11)20-9-19-13-6-1-10(7-14(13)20)16(23)18-8-15(21)22/h1-7,9H,8H2,(H,18,23)(H,21,22). The Balaban J connectivity index is 1.98. The number of carboxylic acid groups (broad SMARTS) is 1. The molecule has 0 bridgehead atoms. The van der Waals surface area contributed by atoms with Crippen molar-refractivity contribution < 1.29 is 14.7 Å². The van der Waals surface area contributed by atoms with E-state index in [4.69, 9.17) is 16.7 Å². The summed E-state index contributed by atoms with van der Waals surface area (Å²) in [6.07, 6.45) is 1.66. The Morgan fingerprint density at radius 2 is 1.91 bits per heavy atom. The van der Waals surface area contributed by atoms with Crippen LogP contribution >= 0.6 is 11.6 Å². The lowest BCUT2D eigenvalue weighted by atomic mass is 10.2. The quantitative estimate of drug-likeness (QED) is 0.770. The summed E-state index contributed by atoms with van der Waals surface area (Å²) in [5.41, 5.74) is 2.71. The highest BCUT2D eigenvalue weighted by atomic mass is 35.5. The number of benzene rings is 2. The fourth-order valence-electron chi connectivity index (χ4n) is 2.21. The maximum Gasteiger partial charge on any atom is 0.322 e. The first-order valence-corrected chi connectivity index (χ1v) is 7.15. The molecule has 0 aliphatic heterocycles. The molecule has 0 saturated heterocycles. The number of aliphatic carboxylic acids is 1. The lowest BCUT2D eigenvalue weighted by Crippen LogP contribution is -2.29. The first-order valence-electron chi connectivity index (χ1n) is 6.77. The van der Waals surface area contributed by atoms with E-state index in [-0.39, 0.29) is 0 Å². The van der Waals surface area contributed by atoms with E-state index in [2.05, 4.69) is 10.3 Å². The number of amides is 1. The van der Waals surface area contributed by atoms with Crippen LogP contribution in [0, 0.1) is 0 Å². The van der Waals surface area contributed by atoms with Gasteiger partial charge in [-0.2, -0.15) is 0 Å². The van der Waals surface area contributed by atoms with Crippen molar-refractivity contribution >= 4 is 34.5 Å². The van der Waals surface area contributed by atoms with Crippen LogP contribution in [0.2, 0.25) is 5.02 Å². The molecule has 23 heavy (non-hydrogen) atoms. The predicted molar refractivity (Wildman–Crippen MR) is 86.0 cm³/mol. The zero-order valence-corrected chi connectivity index (χ0v) is 12.6. The Labute approximate surface area is 136 Å². The van der Waals surface area contributed by atoms with E-state index < -0.39 is 18.4 Å². The summed E-state index contributed by atoms with van der Waals surface area (Å²) in [7, 11) is 0. The first kappa shape index (κ1) is 15.1. The van der Waals surface area contributed by atoms with Gasteiger partial charge in [-0.3, -0.25) is 14.2 Å².